The molecule has 2 aromatic carbocycles. The maximum atomic E-state index is 12.3. The third kappa shape index (κ3) is 4.61. The molecule has 0 aliphatic carbocycles. The number of nitrogens with one attached hydrogen (secondary N) is 1. The van der Waals surface area contributed by atoms with Crippen molar-refractivity contribution in [3.8, 4) is 5.69 Å². The number of carbonyl (C=O) groups is 1. The Morgan fingerprint density at radius 1 is 0.926 bits per heavy atom. The maximum absolute atomic E-state index is 12.3. The van der Waals surface area contributed by atoms with Gasteiger partial charge in [-0.1, -0.05) is 36.4 Å². The fraction of sp³-hybridized carbons (Fsp3) is 0.130. The van der Waals surface area contributed by atoms with Crippen molar-refractivity contribution in [2.45, 2.75) is 20.8 Å². The van der Waals surface area contributed by atoms with Gasteiger partial charge in [-0.05, 0) is 68.3 Å². The Kier molecular flexibility index (Phi) is 5.67. The number of hydrogen-bond donors (Lipinski definition) is 1. The lowest BCUT2D eigenvalue weighted by atomic mass is 10.1. The molecule has 4 heteroatoms. The molecular weight excluding hydrogens is 334 g/mol. The first-order valence-electron chi connectivity index (χ1n) is 8.87. The highest BCUT2D eigenvalue weighted by Crippen LogP contribution is 2.16. The number of aromatic nitrogens is 1. The topological polar surface area (TPSA) is 46.4 Å². The van der Waals surface area contributed by atoms with Crippen LogP contribution in [-0.4, -0.2) is 16.7 Å². The number of hydrogen-bond acceptors (Lipinski definition) is 2. The van der Waals surface area contributed by atoms with Gasteiger partial charge in [0.05, 0.1) is 6.21 Å². The Morgan fingerprint density at radius 2 is 1.56 bits per heavy atom. The fourth-order valence-corrected chi connectivity index (χ4v) is 2.94. The van der Waals surface area contributed by atoms with E-state index in [-0.39, 0.29) is 5.91 Å². The summed E-state index contributed by atoms with van der Waals surface area (Å²) >= 11 is 0. The van der Waals surface area contributed by atoms with E-state index in [4.69, 9.17) is 0 Å². The van der Waals surface area contributed by atoms with Crippen molar-refractivity contribution in [2.75, 3.05) is 0 Å². The molecule has 0 saturated carbocycles. The number of aryl methyl sites for hydroxylation is 2. The van der Waals surface area contributed by atoms with Crippen molar-refractivity contribution in [3.63, 3.8) is 0 Å². The molecule has 1 heterocycles. The van der Waals surface area contributed by atoms with Crippen LogP contribution in [0.25, 0.3) is 11.8 Å². The number of rotatable bonds is 5. The van der Waals surface area contributed by atoms with Crippen molar-refractivity contribution < 1.29 is 4.79 Å². The summed E-state index contributed by atoms with van der Waals surface area (Å²) in [4.78, 5) is 12.3. The molecule has 136 valence electrons. The van der Waals surface area contributed by atoms with Gasteiger partial charge in [0.1, 0.15) is 0 Å². The Labute approximate surface area is 159 Å². The first kappa shape index (κ1) is 18.4. The molecule has 0 saturated heterocycles. The zero-order valence-corrected chi connectivity index (χ0v) is 15.8. The quantitative estimate of drug-likeness (QED) is 0.512. The van der Waals surface area contributed by atoms with Crippen LogP contribution in [0, 0.1) is 13.8 Å². The number of carbonyl (C=O) groups excluding carboxylic acids is 1. The van der Waals surface area contributed by atoms with Gasteiger partial charge in [0.15, 0.2) is 0 Å². The van der Waals surface area contributed by atoms with Crippen molar-refractivity contribution in [2.24, 2.45) is 5.10 Å². The van der Waals surface area contributed by atoms with Crippen molar-refractivity contribution in [1.29, 1.82) is 0 Å². The molecule has 3 rings (SSSR count). The minimum atomic E-state index is -0.230. The second kappa shape index (κ2) is 8.32. The highest BCUT2D eigenvalue weighted by Gasteiger charge is 2.07. The highest BCUT2D eigenvalue weighted by atomic mass is 16.2. The average molecular weight is 357 g/mol. The molecule has 3 aromatic rings. The standard InChI is InChI=1S/C23H23N3O/c1-17(15-20-7-5-4-6-8-20)16-24-25-23(27)21-11-13-22(14-12-21)26-18(2)9-10-19(26)3/h4-16H,1-3H3,(H,25,27)/b17-15+,24-16+. The summed E-state index contributed by atoms with van der Waals surface area (Å²) in [5, 5.41) is 4.05. The van der Waals surface area contributed by atoms with E-state index in [9.17, 15) is 4.79 Å². The first-order valence-corrected chi connectivity index (χ1v) is 8.87. The predicted molar refractivity (Wildman–Crippen MR) is 111 cm³/mol. The molecule has 0 radical (unpaired) electrons. The second-order valence-corrected chi connectivity index (χ2v) is 6.50. The zero-order chi connectivity index (χ0) is 19.2. The normalized spacial score (nSPS) is 11.7. The van der Waals surface area contributed by atoms with Crippen LogP contribution < -0.4 is 5.43 Å². The second-order valence-electron chi connectivity index (χ2n) is 6.50. The Morgan fingerprint density at radius 3 is 2.19 bits per heavy atom. The number of allylic oxidation sites excluding steroid dienone is 1. The van der Waals surface area contributed by atoms with E-state index in [1.807, 2.05) is 67.6 Å². The monoisotopic (exact) mass is 357 g/mol. The Bertz CT molecular complexity index is 961. The molecule has 0 fully saturated rings. The van der Waals surface area contributed by atoms with Crippen molar-refractivity contribution >= 4 is 18.2 Å². The summed E-state index contributed by atoms with van der Waals surface area (Å²) in [5.74, 6) is -0.230. The van der Waals surface area contributed by atoms with E-state index < -0.39 is 0 Å². The lowest BCUT2D eigenvalue weighted by molar-refractivity contribution is 0.0955. The van der Waals surface area contributed by atoms with E-state index >= 15 is 0 Å². The van der Waals surface area contributed by atoms with E-state index in [0.29, 0.717) is 5.56 Å². The van der Waals surface area contributed by atoms with E-state index in [1.165, 1.54) is 0 Å². The molecule has 0 atom stereocenters. The molecule has 1 N–H and O–H groups in total. The molecule has 1 amide bonds. The van der Waals surface area contributed by atoms with Gasteiger partial charge >= 0.3 is 0 Å². The van der Waals surface area contributed by atoms with Gasteiger partial charge in [0.2, 0.25) is 0 Å². The van der Waals surface area contributed by atoms with Gasteiger partial charge in [-0.2, -0.15) is 5.10 Å². The van der Waals surface area contributed by atoms with Crippen LogP contribution in [0.2, 0.25) is 0 Å². The summed E-state index contributed by atoms with van der Waals surface area (Å²) in [5.41, 5.74) is 8.56. The van der Waals surface area contributed by atoms with E-state index in [2.05, 4.69) is 41.1 Å². The molecule has 0 aliphatic heterocycles. The SMILES string of the molecule is CC(/C=N/NC(=O)c1ccc(-n2c(C)ccc2C)cc1)=C\c1ccccc1. The number of nitrogens with zero attached hydrogens (tertiary/aromatic N) is 2. The largest absolute Gasteiger partial charge is 0.319 e. The third-order valence-corrected chi connectivity index (χ3v) is 4.29. The van der Waals surface area contributed by atoms with Gasteiger partial charge < -0.3 is 4.57 Å². The zero-order valence-electron chi connectivity index (χ0n) is 15.8. The summed E-state index contributed by atoms with van der Waals surface area (Å²) in [6.07, 6.45) is 3.65. The number of benzene rings is 2. The van der Waals surface area contributed by atoms with Crippen LogP contribution in [0.3, 0.4) is 0 Å². The minimum absolute atomic E-state index is 0.230. The van der Waals surface area contributed by atoms with Crippen LogP contribution in [0.15, 0.2) is 77.4 Å². The molecular formula is C23H23N3O. The Balaban J connectivity index is 1.64. The molecule has 1 aromatic heterocycles. The summed E-state index contributed by atoms with van der Waals surface area (Å²) in [6, 6.07) is 21.7. The Hall–Kier alpha value is -3.40. The molecule has 0 bridgehead atoms. The minimum Gasteiger partial charge on any atom is -0.319 e. The number of hydrazone groups is 1. The van der Waals surface area contributed by atoms with Crippen LogP contribution in [0.1, 0.15) is 34.2 Å². The lowest BCUT2D eigenvalue weighted by Gasteiger charge is -2.10. The number of amides is 1. The lowest BCUT2D eigenvalue weighted by Crippen LogP contribution is -2.17. The molecule has 27 heavy (non-hydrogen) atoms. The van der Waals surface area contributed by atoms with Gasteiger partial charge in [-0.25, -0.2) is 5.43 Å². The summed E-state index contributed by atoms with van der Waals surface area (Å²) < 4.78 is 2.15. The van der Waals surface area contributed by atoms with Gasteiger partial charge in [-0.3, -0.25) is 4.79 Å². The van der Waals surface area contributed by atoms with Gasteiger partial charge in [-0.15, -0.1) is 0 Å². The summed E-state index contributed by atoms with van der Waals surface area (Å²) in [7, 11) is 0. The molecule has 0 unspecified atom stereocenters. The van der Waals surface area contributed by atoms with Gasteiger partial charge in [0, 0.05) is 22.6 Å². The highest BCUT2D eigenvalue weighted by molar-refractivity contribution is 5.95. The summed E-state index contributed by atoms with van der Waals surface area (Å²) in [6.45, 7) is 6.07. The predicted octanol–water partition coefficient (Wildman–Crippen LogP) is 4.91. The van der Waals surface area contributed by atoms with Crippen molar-refractivity contribution in [1.82, 2.24) is 9.99 Å². The van der Waals surface area contributed by atoms with Crippen LogP contribution in [-0.2, 0) is 0 Å². The van der Waals surface area contributed by atoms with Crippen LogP contribution in [0.5, 0.6) is 0 Å². The van der Waals surface area contributed by atoms with Crippen LogP contribution in [0.4, 0.5) is 0 Å². The third-order valence-electron chi connectivity index (χ3n) is 4.29. The fourth-order valence-electron chi connectivity index (χ4n) is 2.94. The van der Waals surface area contributed by atoms with Crippen molar-refractivity contribution in [3.05, 3.63) is 94.8 Å². The van der Waals surface area contributed by atoms with Crippen LogP contribution >= 0.6 is 0 Å². The van der Waals surface area contributed by atoms with E-state index in [1.54, 1.807) is 6.21 Å². The van der Waals surface area contributed by atoms with Gasteiger partial charge in [0.25, 0.3) is 5.91 Å². The maximum Gasteiger partial charge on any atom is 0.271 e. The molecule has 0 aliphatic rings. The van der Waals surface area contributed by atoms with E-state index in [0.717, 1.165) is 28.2 Å². The molecule has 0 spiro atoms. The smallest absolute Gasteiger partial charge is 0.271 e. The first-order chi connectivity index (χ1) is 13.0. The molecule has 4 nitrogen and oxygen atoms in total. The average Bonchev–Trinajstić information content (AvgIpc) is 3.01.